The average Bonchev–Trinajstić information content (AvgIpc) is 3.19. The summed E-state index contributed by atoms with van der Waals surface area (Å²) in [6.07, 6.45) is 16.2. The zero-order chi connectivity index (χ0) is 29.0. The van der Waals surface area contributed by atoms with Gasteiger partial charge in [-0.1, -0.05) is 118 Å². The lowest BCUT2D eigenvalue weighted by Crippen LogP contribution is -2.28. The first-order chi connectivity index (χ1) is 19.8. The predicted octanol–water partition coefficient (Wildman–Crippen LogP) is 9.53. The van der Waals surface area contributed by atoms with Crippen molar-refractivity contribution in [3.05, 3.63) is 138 Å². The number of nitrogens with one attached hydrogen (secondary N) is 1. The van der Waals surface area contributed by atoms with Gasteiger partial charge in [-0.15, -0.1) is 0 Å². The summed E-state index contributed by atoms with van der Waals surface area (Å²) in [7, 11) is 2.00. The molecule has 2 nitrogen and oxygen atoms in total. The first-order valence-electron chi connectivity index (χ1n) is 14.9. The lowest BCUT2D eigenvalue weighted by Gasteiger charge is -2.29. The lowest BCUT2D eigenvalue weighted by molar-refractivity contribution is -0.437. The summed E-state index contributed by atoms with van der Waals surface area (Å²) in [5, 5.41) is 8.65. The molecule has 0 unspecified atom stereocenters. The van der Waals surface area contributed by atoms with Crippen LogP contribution in [0.1, 0.15) is 52.2 Å². The van der Waals surface area contributed by atoms with Crippen LogP contribution in [0, 0.1) is 0 Å². The fourth-order valence-electron chi connectivity index (χ4n) is 6.33. The van der Waals surface area contributed by atoms with Crippen molar-refractivity contribution in [2.45, 2.75) is 51.9 Å². The SMILES string of the molecule is CCC[N+]1=C(/C=C/C=C/C=C/C=C(/NC)C(C)(C)c2ccc3ccccc3c2)C(C)(C)c2c1ccc1ccccc21. The first kappa shape index (κ1) is 28.4. The van der Waals surface area contributed by atoms with Gasteiger partial charge in [0.15, 0.2) is 5.71 Å². The predicted molar refractivity (Wildman–Crippen MR) is 179 cm³/mol. The smallest absolute Gasteiger partial charge is 0.210 e. The number of likely N-dealkylation sites (N-methyl/N-ethyl adjacent to an activating group) is 1. The molecule has 0 radical (unpaired) electrons. The van der Waals surface area contributed by atoms with Crippen LogP contribution in [-0.4, -0.2) is 23.9 Å². The maximum absolute atomic E-state index is 3.44. The number of benzene rings is 4. The average molecular weight is 540 g/mol. The van der Waals surface area contributed by atoms with Crippen LogP contribution in [0.15, 0.2) is 127 Å². The quantitative estimate of drug-likeness (QED) is 0.165. The fraction of sp³-hybridized carbons (Fsp3) is 0.256. The van der Waals surface area contributed by atoms with Crippen molar-refractivity contribution in [1.29, 1.82) is 0 Å². The van der Waals surface area contributed by atoms with Crippen LogP contribution in [0.4, 0.5) is 5.69 Å². The second kappa shape index (κ2) is 11.7. The second-order valence-corrected chi connectivity index (χ2v) is 12.0. The Morgan fingerprint density at radius 3 is 2.22 bits per heavy atom. The second-order valence-electron chi connectivity index (χ2n) is 12.0. The van der Waals surface area contributed by atoms with E-state index in [1.807, 2.05) is 7.05 Å². The molecule has 0 atom stereocenters. The minimum absolute atomic E-state index is 0.0652. The van der Waals surface area contributed by atoms with Crippen molar-refractivity contribution >= 4 is 32.9 Å². The van der Waals surface area contributed by atoms with Gasteiger partial charge in [0.2, 0.25) is 5.69 Å². The summed E-state index contributed by atoms with van der Waals surface area (Å²) < 4.78 is 2.51. The van der Waals surface area contributed by atoms with Gasteiger partial charge in [-0.25, -0.2) is 0 Å². The van der Waals surface area contributed by atoms with Crippen LogP contribution in [0.5, 0.6) is 0 Å². The highest BCUT2D eigenvalue weighted by atomic mass is 15.1. The molecule has 0 saturated carbocycles. The van der Waals surface area contributed by atoms with Gasteiger partial charge in [-0.05, 0) is 53.1 Å². The summed E-state index contributed by atoms with van der Waals surface area (Å²) in [5.74, 6) is 0. The van der Waals surface area contributed by atoms with Gasteiger partial charge in [-0.2, -0.15) is 4.58 Å². The van der Waals surface area contributed by atoms with Crippen molar-refractivity contribution in [2.75, 3.05) is 13.6 Å². The van der Waals surface area contributed by atoms with Crippen LogP contribution in [-0.2, 0) is 10.8 Å². The topological polar surface area (TPSA) is 15.0 Å². The first-order valence-corrected chi connectivity index (χ1v) is 14.9. The van der Waals surface area contributed by atoms with Crippen LogP contribution >= 0.6 is 0 Å². The highest BCUT2D eigenvalue weighted by Gasteiger charge is 2.45. The maximum Gasteiger partial charge on any atom is 0.210 e. The number of nitrogens with zero attached hydrogens (tertiary/aromatic N) is 1. The van der Waals surface area contributed by atoms with E-state index in [1.165, 1.54) is 49.8 Å². The molecular weight excluding hydrogens is 496 g/mol. The Hall–Kier alpha value is -4.17. The number of hydrogen-bond acceptors (Lipinski definition) is 1. The Balaban J connectivity index is 1.34. The van der Waals surface area contributed by atoms with Gasteiger partial charge in [0.1, 0.15) is 6.54 Å². The van der Waals surface area contributed by atoms with Crippen LogP contribution in [0.2, 0.25) is 0 Å². The maximum atomic E-state index is 3.44. The number of hydrogen-bond donors (Lipinski definition) is 1. The van der Waals surface area contributed by atoms with E-state index < -0.39 is 0 Å². The van der Waals surface area contributed by atoms with Crippen LogP contribution in [0.3, 0.4) is 0 Å². The summed E-state index contributed by atoms with van der Waals surface area (Å²) in [4.78, 5) is 0. The Bertz CT molecular complexity index is 1720. The molecule has 0 saturated heterocycles. The summed E-state index contributed by atoms with van der Waals surface area (Å²) in [6.45, 7) is 12.5. The van der Waals surface area contributed by atoms with E-state index >= 15 is 0 Å². The molecule has 5 rings (SSSR count). The minimum atomic E-state index is -0.140. The highest BCUT2D eigenvalue weighted by Crippen LogP contribution is 2.44. The zero-order valence-corrected chi connectivity index (χ0v) is 25.4. The zero-order valence-electron chi connectivity index (χ0n) is 25.4. The Morgan fingerprint density at radius 2 is 1.46 bits per heavy atom. The van der Waals surface area contributed by atoms with Crippen LogP contribution in [0.25, 0.3) is 21.5 Å². The third kappa shape index (κ3) is 5.44. The van der Waals surface area contributed by atoms with Gasteiger partial charge in [0, 0.05) is 42.3 Å². The highest BCUT2D eigenvalue weighted by molar-refractivity contribution is 6.07. The van der Waals surface area contributed by atoms with Crippen molar-refractivity contribution < 1.29 is 4.58 Å². The summed E-state index contributed by atoms with van der Waals surface area (Å²) in [5.41, 5.74) is 6.41. The Morgan fingerprint density at radius 1 is 0.805 bits per heavy atom. The molecule has 1 heterocycles. The molecule has 1 N–H and O–H groups in total. The standard InChI is InChI=1S/C39H42N2/c1-7-27-41-34-26-24-30-18-15-16-20-33(30)37(34)39(4,5)36(41)22-12-10-8-9-11-21-35(40-6)38(2,3)32-25-23-29-17-13-14-19-31(29)28-32/h8-26,28H,7,27H2,1-6H3/p+1. The minimum Gasteiger partial charge on any atom is -0.391 e. The van der Waals surface area contributed by atoms with Crippen molar-refractivity contribution in [1.82, 2.24) is 5.32 Å². The van der Waals surface area contributed by atoms with E-state index in [0.29, 0.717) is 0 Å². The van der Waals surface area contributed by atoms with E-state index in [0.717, 1.165) is 13.0 Å². The van der Waals surface area contributed by atoms with Crippen molar-refractivity contribution in [3.8, 4) is 0 Å². The largest absolute Gasteiger partial charge is 0.391 e. The van der Waals surface area contributed by atoms with E-state index in [9.17, 15) is 0 Å². The molecular formula is C39H43N2+. The molecule has 0 spiro atoms. The van der Waals surface area contributed by atoms with Gasteiger partial charge >= 0.3 is 0 Å². The molecule has 1 aliphatic rings. The molecule has 1 aliphatic heterocycles. The molecule has 2 heteroatoms. The summed E-state index contributed by atoms with van der Waals surface area (Å²) in [6, 6.07) is 28.6. The third-order valence-corrected chi connectivity index (χ3v) is 8.58. The van der Waals surface area contributed by atoms with Crippen molar-refractivity contribution in [3.63, 3.8) is 0 Å². The lowest BCUT2D eigenvalue weighted by atomic mass is 9.79. The van der Waals surface area contributed by atoms with Gasteiger partial charge in [0.05, 0.1) is 5.41 Å². The molecule has 0 aromatic heterocycles. The molecule has 0 fully saturated rings. The van der Waals surface area contributed by atoms with Gasteiger partial charge in [-0.3, -0.25) is 0 Å². The monoisotopic (exact) mass is 539 g/mol. The van der Waals surface area contributed by atoms with E-state index in [4.69, 9.17) is 0 Å². The van der Waals surface area contributed by atoms with E-state index in [-0.39, 0.29) is 10.8 Å². The molecule has 0 aliphatic carbocycles. The molecule has 4 aromatic rings. The third-order valence-electron chi connectivity index (χ3n) is 8.58. The molecule has 41 heavy (non-hydrogen) atoms. The molecule has 208 valence electrons. The molecule has 4 aromatic carbocycles. The Labute approximate surface area is 246 Å². The van der Waals surface area contributed by atoms with E-state index in [1.54, 1.807) is 0 Å². The summed E-state index contributed by atoms with van der Waals surface area (Å²) >= 11 is 0. The number of fused-ring (bicyclic) bond motifs is 4. The normalized spacial score (nSPS) is 15.7. The Kier molecular flexibility index (Phi) is 8.13. The van der Waals surface area contributed by atoms with Crippen LogP contribution < -0.4 is 5.32 Å². The van der Waals surface area contributed by atoms with Gasteiger partial charge < -0.3 is 5.32 Å². The number of allylic oxidation sites excluding steroid dienone is 8. The molecule has 0 bridgehead atoms. The van der Waals surface area contributed by atoms with Crippen molar-refractivity contribution in [2.24, 2.45) is 0 Å². The molecule has 0 amide bonds. The fourth-order valence-corrected chi connectivity index (χ4v) is 6.33. The number of rotatable bonds is 9. The van der Waals surface area contributed by atoms with Gasteiger partial charge in [0.25, 0.3) is 0 Å². The van der Waals surface area contributed by atoms with E-state index in [2.05, 4.69) is 166 Å².